The average Bonchev–Trinajstić information content (AvgIpc) is 2.85. The minimum Gasteiger partial charge on any atom is -0.489 e. The summed E-state index contributed by atoms with van der Waals surface area (Å²) >= 11 is 0. The lowest BCUT2D eigenvalue weighted by Gasteiger charge is -2.30. The van der Waals surface area contributed by atoms with Gasteiger partial charge in [0, 0.05) is 25.2 Å². The minimum absolute atomic E-state index is 0.136. The summed E-state index contributed by atoms with van der Waals surface area (Å²) in [7, 11) is -3.53. The third-order valence-electron chi connectivity index (χ3n) is 6.42. The molecule has 8 heteroatoms. The number of nitrogens with one attached hydrogen (secondary N) is 1. The number of aromatic nitrogens is 1. The van der Waals surface area contributed by atoms with Gasteiger partial charge in [0.25, 0.3) is 0 Å². The van der Waals surface area contributed by atoms with Crippen LogP contribution in [0.2, 0.25) is 0 Å². The maximum atomic E-state index is 12.9. The van der Waals surface area contributed by atoms with Crippen molar-refractivity contribution in [1.29, 1.82) is 0 Å². The van der Waals surface area contributed by atoms with Gasteiger partial charge in [-0.3, -0.25) is 4.79 Å². The van der Waals surface area contributed by atoms with Crippen LogP contribution in [0.3, 0.4) is 0 Å². The fourth-order valence-corrected chi connectivity index (χ4v) is 5.97. The molecule has 1 saturated heterocycles. The molecule has 7 nitrogen and oxygen atoms in total. The quantitative estimate of drug-likeness (QED) is 0.677. The van der Waals surface area contributed by atoms with Crippen LogP contribution >= 0.6 is 0 Å². The molecule has 2 aliphatic rings. The first-order valence-electron chi connectivity index (χ1n) is 11.5. The van der Waals surface area contributed by atoms with Crippen LogP contribution in [0.15, 0.2) is 53.6 Å². The lowest BCUT2D eigenvalue weighted by Crippen LogP contribution is -2.41. The maximum Gasteiger partial charge on any atom is 0.243 e. The summed E-state index contributed by atoms with van der Waals surface area (Å²) in [5.74, 6) is 1.19. The van der Waals surface area contributed by atoms with Crippen molar-refractivity contribution in [3.8, 4) is 5.75 Å². The second-order valence-electron chi connectivity index (χ2n) is 8.65. The van der Waals surface area contributed by atoms with Crippen molar-refractivity contribution in [2.24, 2.45) is 11.8 Å². The van der Waals surface area contributed by atoms with Crippen LogP contribution < -0.4 is 10.1 Å². The maximum absolute atomic E-state index is 12.9. The van der Waals surface area contributed by atoms with Crippen LogP contribution in [-0.4, -0.2) is 43.3 Å². The number of ether oxygens (including phenoxy) is 1. The highest BCUT2D eigenvalue weighted by Crippen LogP contribution is 2.29. The SMILES string of the molecule is O=C(Nc1ncccc1OCC1CCCCC1)C1CCN(S(=O)(=O)c2ccccc2)CC1. The van der Waals surface area contributed by atoms with Gasteiger partial charge < -0.3 is 10.1 Å². The predicted molar refractivity (Wildman–Crippen MR) is 123 cm³/mol. The van der Waals surface area contributed by atoms with E-state index in [-0.39, 0.29) is 16.7 Å². The van der Waals surface area contributed by atoms with Crippen LogP contribution in [0.4, 0.5) is 5.82 Å². The number of piperidine rings is 1. The van der Waals surface area contributed by atoms with Crippen molar-refractivity contribution in [3.05, 3.63) is 48.7 Å². The summed E-state index contributed by atoms with van der Waals surface area (Å²) in [5.41, 5.74) is 0. The smallest absolute Gasteiger partial charge is 0.243 e. The van der Waals surface area contributed by atoms with Crippen LogP contribution in [0, 0.1) is 11.8 Å². The Morgan fingerprint density at radius 2 is 1.72 bits per heavy atom. The normalized spacial score (nSPS) is 18.9. The molecule has 1 aromatic heterocycles. The van der Waals surface area contributed by atoms with Crippen LogP contribution in [-0.2, 0) is 14.8 Å². The molecule has 32 heavy (non-hydrogen) atoms. The lowest BCUT2D eigenvalue weighted by atomic mass is 9.90. The molecule has 1 N–H and O–H groups in total. The number of sulfonamides is 1. The summed E-state index contributed by atoms with van der Waals surface area (Å²) in [4.78, 5) is 17.5. The summed E-state index contributed by atoms with van der Waals surface area (Å²) in [6.07, 6.45) is 8.77. The lowest BCUT2D eigenvalue weighted by molar-refractivity contribution is -0.120. The molecule has 1 aromatic carbocycles. The van der Waals surface area contributed by atoms with Gasteiger partial charge in [0.1, 0.15) is 0 Å². The number of hydrogen-bond donors (Lipinski definition) is 1. The molecule has 1 aliphatic heterocycles. The van der Waals surface area contributed by atoms with E-state index in [1.165, 1.54) is 36.4 Å². The van der Waals surface area contributed by atoms with E-state index in [1.54, 1.807) is 42.6 Å². The molecule has 4 rings (SSSR count). The number of rotatable bonds is 7. The van der Waals surface area contributed by atoms with E-state index in [4.69, 9.17) is 4.74 Å². The Kier molecular flexibility index (Phi) is 7.42. The first-order chi connectivity index (χ1) is 15.5. The van der Waals surface area contributed by atoms with Crippen LogP contribution in [0.5, 0.6) is 5.75 Å². The number of nitrogens with zero attached hydrogens (tertiary/aromatic N) is 2. The van der Waals surface area contributed by atoms with Gasteiger partial charge in [-0.05, 0) is 55.9 Å². The van der Waals surface area contributed by atoms with E-state index in [1.807, 2.05) is 6.07 Å². The van der Waals surface area contributed by atoms with E-state index in [9.17, 15) is 13.2 Å². The number of benzene rings is 1. The van der Waals surface area contributed by atoms with Crippen molar-refractivity contribution in [1.82, 2.24) is 9.29 Å². The van der Waals surface area contributed by atoms with E-state index >= 15 is 0 Å². The Balaban J connectivity index is 1.32. The fraction of sp³-hybridized carbons (Fsp3) is 0.500. The van der Waals surface area contributed by atoms with Crippen molar-refractivity contribution >= 4 is 21.7 Å². The molecular weight excluding hydrogens is 426 g/mol. The van der Waals surface area contributed by atoms with Crippen molar-refractivity contribution in [2.45, 2.75) is 49.8 Å². The van der Waals surface area contributed by atoms with E-state index in [0.717, 1.165) is 0 Å². The zero-order valence-corrected chi connectivity index (χ0v) is 19.1. The number of amides is 1. The van der Waals surface area contributed by atoms with Gasteiger partial charge in [0.05, 0.1) is 11.5 Å². The van der Waals surface area contributed by atoms with Crippen molar-refractivity contribution in [3.63, 3.8) is 0 Å². The van der Waals surface area contributed by atoms with Gasteiger partial charge in [-0.15, -0.1) is 0 Å². The van der Waals surface area contributed by atoms with Gasteiger partial charge in [0.15, 0.2) is 11.6 Å². The molecule has 2 aromatic rings. The zero-order valence-electron chi connectivity index (χ0n) is 18.3. The summed E-state index contributed by atoms with van der Waals surface area (Å²) in [5, 5.41) is 2.91. The highest BCUT2D eigenvalue weighted by atomic mass is 32.2. The van der Waals surface area contributed by atoms with Gasteiger partial charge in [-0.1, -0.05) is 37.5 Å². The zero-order chi connectivity index (χ0) is 22.4. The Labute approximate surface area is 190 Å². The van der Waals surface area contributed by atoms with E-state index in [2.05, 4.69) is 10.3 Å². The van der Waals surface area contributed by atoms with Crippen LogP contribution in [0.1, 0.15) is 44.9 Å². The Morgan fingerprint density at radius 3 is 2.44 bits per heavy atom. The Morgan fingerprint density at radius 1 is 1.00 bits per heavy atom. The second-order valence-corrected chi connectivity index (χ2v) is 10.6. The van der Waals surface area contributed by atoms with Crippen LogP contribution in [0.25, 0.3) is 0 Å². The molecule has 0 radical (unpaired) electrons. The third-order valence-corrected chi connectivity index (χ3v) is 8.33. The van der Waals surface area contributed by atoms with Gasteiger partial charge in [0.2, 0.25) is 15.9 Å². The molecule has 1 saturated carbocycles. The molecule has 0 atom stereocenters. The first kappa shape index (κ1) is 22.7. The Hall–Kier alpha value is -2.45. The summed E-state index contributed by atoms with van der Waals surface area (Å²) in [6.45, 7) is 1.29. The molecule has 1 amide bonds. The highest BCUT2D eigenvalue weighted by Gasteiger charge is 2.32. The predicted octanol–water partition coefficient (Wildman–Crippen LogP) is 4.08. The number of pyridine rings is 1. The topological polar surface area (TPSA) is 88.6 Å². The molecule has 1 aliphatic carbocycles. The minimum atomic E-state index is -3.53. The molecule has 172 valence electrons. The Bertz CT molecular complexity index is 999. The third kappa shape index (κ3) is 5.48. The molecule has 0 bridgehead atoms. The van der Waals surface area contributed by atoms with Gasteiger partial charge in [-0.25, -0.2) is 13.4 Å². The molecular formula is C24H31N3O4S. The number of anilines is 1. The standard InChI is InChI=1S/C24H31N3O4S/c28-24(20-13-16-27(17-14-20)32(29,30)21-10-5-2-6-11-21)26-23-22(12-7-15-25-23)31-18-19-8-3-1-4-9-19/h2,5-7,10-12,15,19-20H,1,3-4,8-9,13-14,16-18H2,(H,25,26,28). The van der Waals surface area contributed by atoms with E-state index < -0.39 is 10.0 Å². The van der Waals surface area contributed by atoms with Crippen molar-refractivity contribution < 1.29 is 17.9 Å². The first-order valence-corrected chi connectivity index (χ1v) is 12.9. The van der Waals surface area contributed by atoms with Gasteiger partial charge >= 0.3 is 0 Å². The second kappa shape index (κ2) is 10.4. The van der Waals surface area contributed by atoms with Crippen molar-refractivity contribution in [2.75, 3.05) is 25.0 Å². The average molecular weight is 458 g/mol. The number of hydrogen-bond acceptors (Lipinski definition) is 5. The molecule has 2 fully saturated rings. The summed E-state index contributed by atoms with van der Waals surface area (Å²) in [6, 6.07) is 12.1. The molecule has 0 spiro atoms. The summed E-state index contributed by atoms with van der Waals surface area (Å²) < 4.78 is 33.1. The monoisotopic (exact) mass is 457 g/mol. The highest BCUT2D eigenvalue weighted by molar-refractivity contribution is 7.89. The van der Waals surface area contributed by atoms with E-state index in [0.29, 0.717) is 50.0 Å². The number of carbonyl (C=O) groups is 1. The molecule has 0 unspecified atom stereocenters. The largest absolute Gasteiger partial charge is 0.489 e. The molecule has 2 heterocycles. The number of carbonyl (C=O) groups excluding carboxylic acids is 1. The van der Waals surface area contributed by atoms with Gasteiger partial charge in [-0.2, -0.15) is 4.31 Å². The fourth-order valence-electron chi connectivity index (χ4n) is 4.48.